The molecule has 0 unspecified atom stereocenters. The van der Waals surface area contributed by atoms with Gasteiger partial charge in [0.15, 0.2) is 0 Å². The molecule has 0 saturated heterocycles. The Morgan fingerprint density at radius 1 is 0.688 bits per heavy atom. The molecular formula is C16H10. The SMILES string of the molecule is [CH]c1ccc2c([CH])cc3ccccc3c2c1. The van der Waals surface area contributed by atoms with Gasteiger partial charge in [-0.25, -0.2) is 0 Å². The molecule has 0 heteroatoms. The van der Waals surface area contributed by atoms with Crippen LogP contribution in [0.2, 0.25) is 0 Å². The molecule has 16 heavy (non-hydrogen) atoms. The molecule has 0 atom stereocenters. The lowest BCUT2D eigenvalue weighted by Gasteiger charge is -2.07. The Morgan fingerprint density at radius 3 is 2.38 bits per heavy atom. The standard InChI is InChI=1S/C16H10/c1-11-7-8-14-12(2)10-13-5-3-4-6-15(13)16(14)9-11/h1-10H. The number of rotatable bonds is 0. The van der Waals surface area contributed by atoms with Crippen molar-refractivity contribution >= 4 is 21.5 Å². The number of hydrogen-bond donors (Lipinski definition) is 0. The van der Waals surface area contributed by atoms with E-state index in [0.29, 0.717) is 0 Å². The normalized spacial score (nSPS) is 11.1. The molecule has 0 nitrogen and oxygen atoms in total. The van der Waals surface area contributed by atoms with Crippen LogP contribution in [0.5, 0.6) is 0 Å². The first kappa shape index (κ1) is 9.41. The van der Waals surface area contributed by atoms with Crippen molar-refractivity contribution in [3.05, 3.63) is 73.5 Å². The summed E-state index contributed by atoms with van der Waals surface area (Å²) in [6.45, 7) is 11.9. The van der Waals surface area contributed by atoms with E-state index in [-0.39, 0.29) is 0 Å². The van der Waals surface area contributed by atoms with Gasteiger partial charge >= 0.3 is 0 Å². The fraction of sp³-hybridized carbons (Fsp3) is 0. The fourth-order valence-electron chi connectivity index (χ4n) is 2.15. The van der Waals surface area contributed by atoms with Crippen LogP contribution in [-0.4, -0.2) is 0 Å². The first-order chi connectivity index (χ1) is 7.75. The Kier molecular flexibility index (Phi) is 1.97. The van der Waals surface area contributed by atoms with Gasteiger partial charge < -0.3 is 0 Å². The largest absolute Gasteiger partial charge is 0.0616 e. The minimum absolute atomic E-state index is 0.767. The van der Waals surface area contributed by atoms with Crippen molar-refractivity contribution in [2.75, 3.05) is 0 Å². The summed E-state index contributed by atoms with van der Waals surface area (Å²) in [5.41, 5.74) is 1.57. The molecule has 0 N–H and O–H groups in total. The highest BCUT2D eigenvalue weighted by Crippen LogP contribution is 2.28. The summed E-state index contributed by atoms with van der Waals surface area (Å²) in [5, 5.41) is 4.53. The second-order valence-electron chi connectivity index (χ2n) is 3.99. The van der Waals surface area contributed by atoms with Gasteiger partial charge in [-0.1, -0.05) is 48.5 Å². The van der Waals surface area contributed by atoms with Crippen LogP contribution >= 0.6 is 0 Å². The summed E-state index contributed by atoms with van der Waals surface area (Å²) in [6.07, 6.45) is 0. The van der Waals surface area contributed by atoms with Crippen molar-refractivity contribution in [3.8, 4) is 0 Å². The van der Waals surface area contributed by atoms with Gasteiger partial charge in [-0.15, -0.1) is 0 Å². The Hall–Kier alpha value is -1.82. The minimum atomic E-state index is 0.767. The average Bonchev–Trinajstić information content (AvgIpc) is 2.29. The number of fused-ring (bicyclic) bond motifs is 3. The Balaban J connectivity index is 2.61. The predicted molar refractivity (Wildman–Crippen MR) is 68.3 cm³/mol. The molecule has 3 aromatic rings. The first-order valence-corrected chi connectivity index (χ1v) is 5.22. The van der Waals surface area contributed by atoms with Crippen LogP contribution in [0.1, 0.15) is 11.1 Å². The molecule has 0 fully saturated rings. The van der Waals surface area contributed by atoms with E-state index in [1.165, 1.54) is 5.39 Å². The third-order valence-electron chi connectivity index (χ3n) is 2.92. The Morgan fingerprint density at radius 2 is 1.50 bits per heavy atom. The van der Waals surface area contributed by atoms with Gasteiger partial charge in [0.2, 0.25) is 0 Å². The number of hydrogen-bond acceptors (Lipinski definition) is 0. The molecule has 3 aromatic carbocycles. The van der Waals surface area contributed by atoms with Gasteiger partial charge in [0.05, 0.1) is 0 Å². The maximum absolute atomic E-state index is 6.03. The zero-order valence-corrected chi connectivity index (χ0v) is 8.77. The van der Waals surface area contributed by atoms with Crippen LogP contribution in [0.25, 0.3) is 21.5 Å². The van der Waals surface area contributed by atoms with E-state index in [1.807, 2.05) is 36.4 Å². The lowest BCUT2D eigenvalue weighted by atomic mass is 9.97. The smallest absolute Gasteiger partial charge is 0.000522 e. The zero-order chi connectivity index (χ0) is 11.1. The van der Waals surface area contributed by atoms with Crippen LogP contribution in [0.3, 0.4) is 0 Å². The van der Waals surface area contributed by atoms with Crippen molar-refractivity contribution in [1.29, 1.82) is 0 Å². The zero-order valence-electron chi connectivity index (χ0n) is 8.77. The third kappa shape index (κ3) is 1.30. The highest BCUT2D eigenvalue weighted by molar-refractivity contribution is 6.09. The molecule has 3 rings (SSSR count). The lowest BCUT2D eigenvalue weighted by Crippen LogP contribution is -1.83. The van der Waals surface area contributed by atoms with E-state index in [4.69, 9.17) is 13.8 Å². The third-order valence-corrected chi connectivity index (χ3v) is 2.92. The Labute approximate surface area is 95.5 Å². The summed E-state index contributed by atoms with van der Waals surface area (Å²) < 4.78 is 0. The molecule has 0 saturated carbocycles. The molecule has 0 amide bonds. The molecule has 74 valence electrons. The molecular weight excluding hydrogens is 192 g/mol. The highest BCUT2D eigenvalue weighted by atomic mass is 14.1. The van der Waals surface area contributed by atoms with Gasteiger partial charge in [-0.05, 0) is 46.5 Å². The van der Waals surface area contributed by atoms with E-state index in [0.717, 1.165) is 27.3 Å². The van der Waals surface area contributed by atoms with Crippen molar-refractivity contribution in [2.45, 2.75) is 0 Å². The maximum atomic E-state index is 6.03. The van der Waals surface area contributed by atoms with Crippen molar-refractivity contribution in [3.63, 3.8) is 0 Å². The van der Waals surface area contributed by atoms with Crippen molar-refractivity contribution in [2.24, 2.45) is 0 Å². The van der Waals surface area contributed by atoms with Crippen LogP contribution in [0.15, 0.2) is 48.5 Å². The van der Waals surface area contributed by atoms with E-state index < -0.39 is 0 Å². The van der Waals surface area contributed by atoms with E-state index in [2.05, 4.69) is 12.1 Å². The van der Waals surface area contributed by atoms with E-state index >= 15 is 0 Å². The second kappa shape index (κ2) is 3.34. The second-order valence-corrected chi connectivity index (χ2v) is 3.99. The van der Waals surface area contributed by atoms with E-state index in [9.17, 15) is 0 Å². The minimum Gasteiger partial charge on any atom is -0.0616 e. The molecule has 0 aliphatic rings. The first-order valence-electron chi connectivity index (χ1n) is 5.22. The molecule has 0 aromatic heterocycles. The summed E-state index contributed by atoms with van der Waals surface area (Å²) in [5.74, 6) is 0. The molecule has 0 spiro atoms. The van der Waals surface area contributed by atoms with Crippen LogP contribution in [0, 0.1) is 13.8 Å². The quantitative estimate of drug-likeness (QED) is 0.481. The van der Waals surface area contributed by atoms with Gasteiger partial charge in [-0.2, -0.15) is 0 Å². The monoisotopic (exact) mass is 202 g/mol. The van der Waals surface area contributed by atoms with Gasteiger partial charge in [0, 0.05) is 0 Å². The van der Waals surface area contributed by atoms with Crippen LogP contribution in [-0.2, 0) is 0 Å². The summed E-state index contributed by atoms with van der Waals surface area (Å²) in [7, 11) is 0. The van der Waals surface area contributed by atoms with Gasteiger partial charge in [0.25, 0.3) is 0 Å². The average molecular weight is 202 g/mol. The molecule has 0 bridgehead atoms. The van der Waals surface area contributed by atoms with E-state index in [1.54, 1.807) is 0 Å². The topological polar surface area (TPSA) is 0 Å². The summed E-state index contributed by atoms with van der Waals surface area (Å²) in [6, 6.07) is 16.0. The summed E-state index contributed by atoms with van der Waals surface area (Å²) >= 11 is 0. The van der Waals surface area contributed by atoms with Gasteiger partial charge in [0.1, 0.15) is 0 Å². The molecule has 0 heterocycles. The highest BCUT2D eigenvalue weighted by Gasteiger charge is 2.03. The lowest BCUT2D eigenvalue weighted by molar-refractivity contribution is 1.65. The fourth-order valence-corrected chi connectivity index (χ4v) is 2.15. The molecule has 0 aliphatic heterocycles. The van der Waals surface area contributed by atoms with Crippen molar-refractivity contribution < 1.29 is 0 Å². The van der Waals surface area contributed by atoms with Crippen molar-refractivity contribution in [1.82, 2.24) is 0 Å². The predicted octanol–water partition coefficient (Wildman–Crippen LogP) is 4.11. The van der Waals surface area contributed by atoms with Crippen LogP contribution in [0.4, 0.5) is 0 Å². The maximum Gasteiger partial charge on any atom is -0.000522 e. The number of benzene rings is 3. The van der Waals surface area contributed by atoms with Gasteiger partial charge in [-0.3, -0.25) is 0 Å². The molecule has 0 aliphatic carbocycles. The molecule has 4 radical (unpaired) electrons. The van der Waals surface area contributed by atoms with Crippen LogP contribution < -0.4 is 0 Å². The Bertz CT molecular complexity index is 678. The summed E-state index contributed by atoms with van der Waals surface area (Å²) in [4.78, 5) is 0.